The second kappa shape index (κ2) is 9.69. The van der Waals surface area contributed by atoms with Crippen LogP contribution < -0.4 is 20.3 Å². The van der Waals surface area contributed by atoms with Crippen LogP contribution in [0.5, 0.6) is 5.88 Å². The lowest BCUT2D eigenvalue weighted by Gasteiger charge is -2.62. The zero-order chi connectivity index (χ0) is 25.3. The van der Waals surface area contributed by atoms with Gasteiger partial charge in [-0.3, -0.25) is 4.79 Å². The number of ether oxygens (including phenoxy) is 2. The van der Waals surface area contributed by atoms with Gasteiger partial charge in [-0.1, -0.05) is 12.1 Å². The molecule has 2 aromatic rings. The molecule has 192 valence electrons. The molecule has 36 heavy (non-hydrogen) atoms. The molecule has 4 fully saturated rings. The maximum absolute atomic E-state index is 13.7. The van der Waals surface area contributed by atoms with Crippen molar-refractivity contribution in [3.05, 3.63) is 53.8 Å². The van der Waals surface area contributed by atoms with Crippen LogP contribution in [0.15, 0.2) is 42.5 Å². The fraction of sp³-hybridized carbons (Fsp3) is 0.519. The Morgan fingerprint density at radius 2 is 1.78 bits per heavy atom. The summed E-state index contributed by atoms with van der Waals surface area (Å²) in [5, 5.41) is 6.38. The van der Waals surface area contributed by atoms with E-state index < -0.39 is 23.0 Å². The standard InChI is InChI=1S/C27H33FN4O4/c1-32(9-10-35-2)22-7-4-8-23(29-22)36-25(34)31-27-15-18-11-19(16-27)14-26(13-18,17-27)30-24(33)20-5-3-6-21(28)12-20/h3-8,12,18-19H,9-11,13-17H2,1-2H3,(H,30,33)(H,31,34). The predicted molar refractivity (Wildman–Crippen MR) is 133 cm³/mol. The number of pyridine rings is 1. The first kappa shape index (κ1) is 24.5. The second-order valence-electron chi connectivity index (χ2n) is 10.7. The Balaban J connectivity index is 1.27. The maximum Gasteiger partial charge on any atom is 0.414 e. The number of nitrogens with zero attached hydrogens (tertiary/aromatic N) is 2. The normalized spacial score (nSPS) is 28.0. The van der Waals surface area contributed by atoms with Gasteiger partial charge in [0.25, 0.3) is 5.91 Å². The minimum atomic E-state index is -0.534. The highest BCUT2D eigenvalue weighted by Gasteiger charge is 2.59. The molecule has 2 unspecified atom stereocenters. The fourth-order valence-corrected chi connectivity index (χ4v) is 6.85. The summed E-state index contributed by atoms with van der Waals surface area (Å²) in [6.45, 7) is 1.22. The number of hydrogen-bond acceptors (Lipinski definition) is 6. The highest BCUT2D eigenvalue weighted by atomic mass is 19.1. The van der Waals surface area contributed by atoms with E-state index in [0.717, 1.165) is 32.1 Å². The van der Waals surface area contributed by atoms with Crippen LogP contribution in [0.3, 0.4) is 0 Å². The lowest BCUT2D eigenvalue weighted by atomic mass is 9.50. The highest BCUT2D eigenvalue weighted by Crippen LogP contribution is 2.57. The molecule has 4 aliphatic rings. The summed E-state index contributed by atoms with van der Waals surface area (Å²) in [6, 6.07) is 11.1. The van der Waals surface area contributed by atoms with Crippen LogP contribution in [0.2, 0.25) is 0 Å². The third kappa shape index (κ3) is 5.16. The number of nitrogens with one attached hydrogen (secondary N) is 2. The fourth-order valence-electron chi connectivity index (χ4n) is 6.85. The van der Waals surface area contributed by atoms with Gasteiger partial charge in [0.2, 0.25) is 5.88 Å². The molecule has 0 spiro atoms. The Labute approximate surface area is 210 Å². The number of halogens is 1. The molecule has 4 saturated carbocycles. The largest absolute Gasteiger partial charge is 0.414 e. The van der Waals surface area contributed by atoms with Crippen molar-refractivity contribution in [1.82, 2.24) is 15.6 Å². The van der Waals surface area contributed by atoms with Gasteiger partial charge in [-0.2, -0.15) is 4.98 Å². The second-order valence-corrected chi connectivity index (χ2v) is 10.7. The Morgan fingerprint density at radius 1 is 1.08 bits per heavy atom. The summed E-state index contributed by atoms with van der Waals surface area (Å²) in [7, 11) is 3.55. The van der Waals surface area contributed by atoms with Gasteiger partial charge < -0.3 is 25.0 Å². The minimum absolute atomic E-state index is 0.230. The Kier molecular flexibility index (Phi) is 6.59. The number of rotatable bonds is 8. The van der Waals surface area contributed by atoms with Gasteiger partial charge in [-0.05, 0) is 74.6 Å². The van der Waals surface area contributed by atoms with Gasteiger partial charge in [0.15, 0.2) is 0 Å². The van der Waals surface area contributed by atoms with E-state index >= 15 is 0 Å². The number of aromatic nitrogens is 1. The van der Waals surface area contributed by atoms with Crippen molar-refractivity contribution < 1.29 is 23.5 Å². The number of hydrogen-bond donors (Lipinski definition) is 2. The van der Waals surface area contributed by atoms with Crippen LogP contribution in [-0.4, -0.2) is 55.4 Å². The van der Waals surface area contributed by atoms with E-state index in [1.807, 2.05) is 18.0 Å². The number of amides is 2. The van der Waals surface area contributed by atoms with Crippen LogP contribution in [0.1, 0.15) is 48.9 Å². The van der Waals surface area contributed by atoms with Crippen LogP contribution in [0, 0.1) is 17.7 Å². The molecule has 9 heteroatoms. The lowest BCUT2D eigenvalue weighted by Crippen LogP contribution is -2.70. The van der Waals surface area contributed by atoms with Gasteiger partial charge >= 0.3 is 6.09 Å². The van der Waals surface area contributed by atoms with Crippen molar-refractivity contribution in [1.29, 1.82) is 0 Å². The van der Waals surface area contributed by atoms with Crippen LogP contribution in [-0.2, 0) is 4.74 Å². The van der Waals surface area contributed by atoms with E-state index in [1.165, 1.54) is 12.1 Å². The first-order valence-electron chi connectivity index (χ1n) is 12.5. The zero-order valence-electron chi connectivity index (χ0n) is 20.8. The molecule has 0 aliphatic heterocycles. The van der Waals surface area contributed by atoms with Gasteiger partial charge in [-0.25, -0.2) is 9.18 Å². The molecule has 2 amide bonds. The first-order valence-corrected chi connectivity index (χ1v) is 12.5. The molecule has 0 saturated heterocycles. The molecule has 0 radical (unpaired) electrons. The summed E-state index contributed by atoms with van der Waals surface area (Å²) in [6.07, 6.45) is 4.69. The number of carbonyl (C=O) groups excluding carboxylic acids is 2. The SMILES string of the molecule is COCCN(C)c1cccc(OC(=O)NC23CC4CC(C2)CC(NC(=O)c2cccc(F)c2)(C4)C3)n1. The smallest absolute Gasteiger partial charge is 0.391 e. The Bertz CT molecular complexity index is 1130. The number of likely N-dealkylation sites (N-methyl/N-ethyl adjacent to an activating group) is 1. The third-order valence-corrected chi connectivity index (χ3v) is 7.82. The third-order valence-electron chi connectivity index (χ3n) is 7.82. The average Bonchev–Trinajstić information content (AvgIpc) is 2.81. The summed E-state index contributed by atoms with van der Waals surface area (Å²) >= 11 is 0. The van der Waals surface area contributed by atoms with Gasteiger partial charge in [0.05, 0.1) is 6.61 Å². The topological polar surface area (TPSA) is 92.8 Å². The average molecular weight is 497 g/mol. The van der Waals surface area contributed by atoms with E-state index in [1.54, 1.807) is 31.4 Å². The summed E-state index contributed by atoms with van der Waals surface area (Å²) in [4.78, 5) is 32.4. The summed E-state index contributed by atoms with van der Waals surface area (Å²) in [5.41, 5.74) is -0.541. The summed E-state index contributed by atoms with van der Waals surface area (Å²) in [5.74, 6) is 1.04. The van der Waals surface area contributed by atoms with E-state index in [-0.39, 0.29) is 11.8 Å². The van der Waals surface area contributed by atoms with Crippen molar-refractivity contribution in [2.45, 2.75) is 49.6 Å². The number of methoxy groups -OCH3 is 1. The van der Waals surface area contributed by atoms with Gasteiger partial charge in [0, 0.05) is 43.4 Å². The number of carbonyl (C=O) groups is 2. The first-order chi connectivity index (χ1) is 17.3. The molecule has 1 aromatic carbocycles. The lowest BCUT2D eigenvalue weighted by molar-refractivity contribution is -0.0449. The quantitative estimate of drug-likeness (QED) is 0.576. The zero-order valence-corrected chi connectivity index (χ0v) is 20.8. The van der Waals surface area contributed by atoms with Crippen molar-refractivity contribution in [3.8, 4) is 5.88 Å². The molecular weight excluding hydrogens is 463 g/mol. The van der Waals surface area contributed by atoms with Crippen LogP contribution >= 0.6 is 0 Å². The Hall–Kier alpha value is -3.20. The molecule has 4 aliphatic carbocycles. The van der Waals surface area contributed by atoms with Crippen molar-refractivity contribution in [3.63, 3.8) is 0 Å². The summed E-state index contributed by atoms with van der Waals surface area (Å²) < 4.78 is 24.4. The van der Waals surface area contributed by atoms with E-state index in [2.05, 4.69) is 15.6 Å². The maximum atomic E-state index is 13.7. The van der Waals surface area contributed by atoms with Crippen LogP contribution in [0.25, 0.3) is 0 Å². The molecule has 2 N–H and O–H groups in total. The number of benzene rings is 1. The molecule has 8 nitrogen and oxygen atoms in total. The molecule has 6 rings (SSSR count). The minimum Gasteiger partial charge on any atom is -0.391 e. The number of anilines is 1. The van der Waals surface area contributed by atoms with Crippen molar-refractivity contribution in [2.75, 3.05) is 32.2 Å². The molecular formula is C27H33FN4O4. The van der Waals surface area contributed by atoms with Gasteiger partial charge in [0.1, 0.15) is 11.6 Å². The monoisotopic (exact) mass is 496 g/mol. The van der Waals surface area contributed by atoms with E-state index in [4.69, 9.17) is 9.47 Å². The highest BCUT2D eigenvalue weighted by molar-refractivity contribution is 5.94. The van der Waals surface area contributed by atoms with Crippen molar-refractivity contribution in [2.24, 2.45) is 11.8 Å². The van der Waals surface area contributed by atoms with Gasteiger partial charge in [-0.15, -0.1) is 0 Å². The molecule has 1 heterocycles. The molecule has 2 atom stereocenters. The molecule has 4 bridgehead atoms. The Morgan fingerprint density at radius 3 is 2.47 bits per heavy atom. The van der Waals surface area contributed by atoms with E-state index in [9.17, 15) is 14.0 Å². The predicted octanol–water partition coefficient (Wildman–Crippen LogP) is 3.91. The van der Waals surface area contributed by atoms with Crippen molar-refractivity contribution >= 4 is 17.8 Å². The molecule has 1 aromatic heterocycles. The van der Waals surface area contributed by atoms with Crippen LogP contribution in [0.4, 0.5) is 15.0 Å². The van der Waals surface area contributed by atoms with E-state index in [0.29, 0.717) is 42.8 Å².